The normalized spacial score (nSPS) is 11.8. The lowest BCUT2D eigenvalue weighted by Gasteiger charge is -2.21. The Morgan fingerprint density at radius 1 is 1.28 bits per heavy atom. The van der Waals surface area contributed by atoms with Gasteiger partial charge in [-0.25, -0.2) is 4.39 Å². The summed E-state index contributed by atoms with van der Waals surface area (Å²) in [6.07, 6.45) is 0.849. The minimum absolute atomic E-state index is 0.0821. The van der Waals surface area contributed by atoms with E-state index >= 15 is 0 Å². The minimum Gasteiger partial charge on any atom is -0.374 e. The Bertz CT molecular complexity index is 583. The van der Waals surface area contributed by atoms with Crippen molar-refractivity contribution in [3.05, 3.63) is 30.1 Å². The summed E-state index contributed by atoms with van der Waals surface area (Å²) in [4.78, 5) is 17.9. The Morgan fingerprint density at radius 2 is 2.00 bits per heavy atom. The molecule has 3 N–H and O–H groups in total. The van der Waals surface area contributed by atoms with E-state index in [1.165, 1.54) is 12.1 Å². The molecule has 0 saturated heterocycles. The first-order valence-electron chi connectivity index (χ1n) is 8.43. The van der Waals surface area contributed by atoms with Crippen molar-refractivity contribution in [3.8, 4) is 0 Å². The topological polar surface area (TPSA) is 68.8 Å². The van der Waals surface area contributed by atoms with E-state index in [1.807, 2.05) is 38.8 Å². The maximum absolute atomic E-state index is 13.2. The summed E-state index contributed by atoms with van der Waals surface area (Å²) >= 11 is 0. The average Bonchev–Trinajstić information content (AvgIpc) is 2.52. The highest BCUT2D eigenvalue weighted by atomic mass is 19.1. The second kappa shape index (κ2) is 9.86. The van der Waals surface area contributed by atoms with Crippen LogP contribution in [0.3, 0.4) is 0 Å². The maximum Gasteiger partial charge on any atom is 0.239 e. The van der Waals surface area contributed by atoms with Crippen molar-refractivity contribution in [3.63, 3.8) is 0 Å². The van der Waals surface area contributed by atoms with Crippen molar-refractivity contribution in [2.24, 2.45) is 4.99 Å². The number of hydrogen-bond acceptors (Lipinski definition) is 3. The summed E-state index contributed by atoms with van der Waals surface area (Å²) in [5, 5.41) is 9.03. The standard InChI is InChI=1S/C18H30FN5O/c1-18(2,3)23-16(25)13-22-17(20-4)21-10-7-11-24(5)15-9-6-8-14(19)12-15/h6,8-9,12H,7,10-11,13H2,1-5H3,(H,23,25)(H2,20,21,22). The SMILES string of the molecule is CN=C(NCCCN(C)c1cccc(F)c1)NCC(=O)NC(C)(C)C. The van der Waals surface area contributed by atoms with Gasteiger partial charge in [0.25, 0.3) is 0 Å². The third kappa shape index (κ3) is 8.93. The van der Waals surface area contributed by atoms with Gasteiger partial charge in [0.15, 0.2) is 5.96 Å². The molecule has 0 unspecified atom stereocenters. The molecule has 0 aliphatic carbocycles. The predicted octanol–water partition coefficient (Wildman–Crippen LogP) is 1.73. The fraction of sp³-hybridized carbons (Fsp3) is 0.556. The van der Waals surface area contributed by atoms with E-state index in [1.54, 1.807) is 13.1 Å². The lowest BCUT2D eigenvalue weighted by molar-refractivity contribution is -0.121. The maximum atomic E-state index is 13.2. The summed E-state index contributed by atoms with van der Waals surface area (Å²) in [7, 11) is 3.59. The Morgan fingerprint density at radius 3 is 2.60 bits per heavy atom. The summed E-state index contributed by atoms with van der Waals surface area (Å²) in [6, 6.07) is 6.53. The predicted molar refractivity (Wildman–Crippen MR) is 102 cm³/mol. The van der Waals surface area contributed by atoms with Crippen LogP contribution in [0.1, 0.15) is 27.2 Å². The minimum atomic E-state index is -0.253. The summed E-state index contributed by atoms with van der Waals surface area (Å²) in [5.41, 5.74) is 0.596. The summed E-state index contributed by atoms with van der Waals surface area (Å²) in [5.74, 6) is 0.263. The molecule has 0 aliphatic rings. The highest BCUT2D eigenvalue weighted by Crippen LogP contribution is 2.13. The zero-order valence-corrected chi connectivity index (χ0v) is 15.8. The fourth-order valence-electron chi connectivity index (χ4n) is 2.21. The van der Waals surface area contributed by atoms with Crippen LogP contribution in [0.25, 0.3) is 0 Å². The molecule has 1 aromatic carbocycles. The van der Waals surface area contributed by atoms with E-state index in [-0.39, 0.29) is 23.8 Å². The van der Waals surface area contributed by atoms with Gasteiger partial charge in [0, 0.05) is 38.4 Å². The van der Waals surface area contributed by atoms with Crippen LogP contribution in [0.5, 0.6) is 0 Å². The van der Waals surface area contributed by atoms with E-state index in [4.69, 9.17) is 0 Å². The van der Waals surface area contributed by atoms with Crippen LogP contribution in [0.2, 0.25) is 0 Å². The molecule has 1 rings (SSSR count). The Kier molecular flexibility index (Phi) is 8.18. The Balaban J connectivity index is 2.28. The molecular formula is C18H30FN5O. The van der Waals surface area contributed by atoms with Gasteiger partial charge in [0.05, 0.1) is 6.54 Å². The molecule has 0 aromatic heterocycles. The van der Waals surface area contributed by atoms with Gasteiger partial charge >= 0.3 is 0 Å². The van der Waals surface area contributed by atoms with Crippen LogP contribution >= 0.6 is 0 Å². The molecule has 0 radical (unpaired) electrons. The number of benzene rings is 1. The largest absolute Gasteiger partial charge is 0.374 e. The number of halogens is 1. The molecular weight excluding hydrogens is 321 g/mol. The molecule has 0 aliphatic heterocycles. The van der Waals surface area contributed by atoms with Gasteiger partial charge in [-0.1, -0.05) is 6.07 Å². The van der Waals surface area contributed by atoms with Crippen molar-refractivity contribution < 1.29 is 9.18 Å². The van der Waals surface area contributed by atoms with Gasteiger partial charge < -0.3 is 20.9 Å². The van der Waals surface area contributed by atoms with E-state index < -0.39 is 0 Å². The lowest BCUT2D eigenvalue weighted by atomic mass is 10.1. The van der Waals surface area contributed by atoms with E-state index in [9.17, 15) is 9.18 Å². The number of nitrogens with zero attached hydrogens (tertiary/aromatic N) is 2. The average molecular weight is 351 g/mol. The second-order valence-corrected chi connectivity index (χ2v) is 6.91. The Labute approximate surface area is 149 Å². The molecule has 1 aromatic rings. The molecule has 0 bridgehead atoms. The van der Waals surface area contributed by atoms with Gasteiger partial charge in [0.2, 0.25) is 5.91 Å². The molecule has 0 heterocycles. The fourth-order valence-corrected chi connectivity index (χ4v) is 2.21. The highest BCUT2D eigenvalue weighted by molar-refractivity contribution is 5.86. The molecule has 25 heavy (non-hydrogen) atoms. The number of guanidine groups is 1. The number of amides is 1. The van der Waals surface area contributed by atoms with Crippen LogP contribution in [-0.2, 0) is 4.79 Å². The van der Waals surface area contributed by atoms with Crippen LogP contribution in [0.4, 0.5) is 10.1 Å². The zero-order valence-electron chi connectivity index (χ0n) is 15.8. The molecule has 140 valence electrons. The van der Waals surface area contributed by atoms with Crippen LogP contribution in [-0.4, -0.2) is 51.1 Å². The number of carbonyl (C=O) groups is 1. The second-order valence-electron chi connectivity index (χ2n) is 6.91. The van der Waals surface area contributed by atoms with Gasteiger partial charge in [-0.15, -0.1) is 0 Å². The van der Waals surface area contributed by atoms with E-state index in [0.29, 0.717) is 12.5 Å². The third-order valence-corrected chi connectivity index (χ3v) is 3.37. The number of anilines is 1. The van der Waals surface area contributed by atoms with Crippen molar-refractivity contribution in [1.82, 2.24) is 16.0 Å². The quantitative estimate of drug-likeness (QED) is 0.398. The highest BCUT2D eigenvalue weighted by Gasteiger charge is 2.13. The molecule has 1 amide bonds. The van der Waals surface area contributed by atoms with Crippen LogP contribution in [0, 0.1) is 5.82 Å². The first-order chi connectivity index (χ1) is 11.7. The van der Waals surface area contributed by atoms with E-state index in [2.05, 4.69) is 20.9 Å². The van der Waals surface area contributed by atoms with Crippen molar-refractivity contribution >= 4 is 17.6 Å². The number of hydrogen-bond donors (Lipinski definition) is 3. The molecule has 0 fully saturated rings. The molecule has 0 saturated carbocycles. The smallest absolute Gasteiger partial charge is 0.239 e. The number of rotatable bonds is 7. The third-order valence-electron chi connectivity index (χ3n) is 3.37. The van der Waals surface area contributed by atoms with E-state index in [0.717, 1.165) is 18.7 Å². The van der Waals surface area contributed by atoms with Crippen molar-refractivity contribution in [2.75, 3.05) is 38.6 Å². The number of nitrogens with one attached hydrogen (secondary N) is 3. The molecule has 6 nitrogen and oxygen atoms in total. The van der Waals surface area contributed by atoms with Gasteiger partial charge in [-0.3, -0.25) is 9.79 Å². The van der Waals surface area contributed by atoms with Crippen LogP contribution < -0.4 is 20.9 Å². The summed E-state index contributed by atoms with van der Waals surface area (Å²) in [6.45, 7) is 7.45. The van der Waals surface area contributed by atoms with Crippen molar-refractivity contribution in [1.29, 1.82) is 0 Å². The number of carbonyl (C=O) groups excluding carboxylic acids is 1. The first-order valence-corrected chi connectivity index (χ1v) is 8.43. The molecule has 7 heteroatoms. The van der Waals surface area contributed by atoms with Crippen molar-refractivity contribution in [2.45, 2.75) is 32.7 Å². The van der Waals surface area contributed by atoms with Gasteiger partial charge in [-0.2, -0.15) is 0 Å². The first kappa shape index (κ1) is 20.7. The lowest BCUT2D eigenvalue weighted by Crippen LogP contribution is -2.48. The molecule has 0 spiro atoms. The zero-order chi connectivity index (χ0) is 18.9. The van der Waals surface area contributed by atoms with Crippen LogP contribution in [0.15, 0.2) is 29.3 Å². The Hall–Kier alpha value is -2.31. The monoisotopic (exact) mass is 351 g/mol. The van der Waals surface area contributed by atoms with Gasteiger partial charge in [-0.05, 0) is 45.4 Å². The summed E-state index contributed by atoms with van der Waals surface area (Å²) < 4.78 is 13.2. The van der Waals surface area contributed by atoms with Gasteiger partial charge in [0.1, 0.15) is 5.82 Å². The number of aliphatic imine (C=N–C) groups is 1. The molecule has 0 atom stereocenters.